The zero-order valence-electron chi connectivity index (χ0n) is 9.91. The van der Waals surface area contributed by atoms with E-state index in [4.69, 9.17) is 15.6 Å². The van der Waals surface area contributed by atoms with Gasteiger partial charge in [0, 0.05) is 17.1 Å². The Balaban J connectivity index is 2.38. The number of carbonyl (C=O) groups is 1. The summed E-state index contributed by atoms with van der Waals surface area (Å²) in [6.45, 7) is 0.236. The Kier molecular flexibility index (Phi) is 6.56. The van der Waals surface area contributed by atoms with Gasteiger partial charge in [0.1, 0.15) is 12.4 Å². The van der Waals surface area contributed by atoms with E-state index in [1.807, 2.05) is 0 Å². The second-order valence-corrected chi connectivity index (χ2v) is 4.81. The molecule has 1 rings (SSSR count). The third kappa shape index (κ3) is 5.39. The van der Waals surface area contributed by atoms with E-state index in [0.29, 0.717) is 22.8 Å². The number of carbonyl (C=O) groups excluding carboxylic acids is 1. The largest absolute Gasteiger partial charge is 0.491 e. The lowest BCUT2D eigenvalue weighted by Gasteiger charge is -2.12. The number of hydrogen-bond acceptors (Lipinski definition) is 5. The van der Waals surface area contributed by atoms with Crippen LogP contribution < -0.4 is 10.5 Å². The number of aliphatic hydroxyl groups excluding tert-OH is 2. The van der Waals surface area contributed by atoms with E-state index in [9.17, 15) is 9.90 Å². The van der Waals surface area contributed by atoms with Crippen LogP contribution in [0.4, 0.5) is 0 Å². The van der Waals surface area contributed by atoms with Crippen LogP contribution in [-0.2, 0) is 0 Å². The van der Waals surface area contributed by atoms with Gasteiger partial charge < -0.3 is 20.7 Å². The van der Waals surface area contributed by atoms with Crippen LogP contribution in [-0.4, -0.2) is 46.9 Å². The highest BCUT2D eigenvalue weighted by Crippen LogP contribution is 2.13. The molecule has 1 atom stereocenters. The minimum absolute atomic E-state index is 0.0961. The van der Waals surface area contributed by atoms with Crippen LogP contribution in [0, 0.1) is 0 Å². The molecule has 100 valence electrons. The molecule has 0 saturated heterocycles. The smallest absolute Gasteiger partial charge is 0.248 e. The number of nitrogens with two attached hydrogens (primary N) is 1. The fourth-order valence-corrected chi connectivity index (χ4v) is 1.93. The quantitative estimate of drug-likeness (QED) is 0.589. The van der Waals surface area contributed by atoms with E-state index >= 15 is 0 Å². The number of hydrogen-bond donors (Lipinski definition) is 3. The SMILES string of the molecule is NC(=O)c1cccc(OCC(O)CSCCO)c1. The van der Waals surface area contributed by atoms with Gasteiger partial charge in [0.15, 0.2) is 0 Å². The lowest BCUT2D eigenvalue weighted by molar-refractivity contribution is 0.0999. The van der Waals surface area contributed by atoms with Crippen LogP contribution in [0.2, 0.25) is 0 Å². The Hall–Kier alpha value is -1.24. The van der Waals surface area contributed by atoms with Crippen molar-refractivity contribution in [3.8, 4) is 5.75 Å². The molecular weight excluding hydrogens is 254 g/mol. The highest BCUT2D eigenvalue weighted by atomic mass is 32.2. The first kappa shape index (κ1) is 14.8. The summed E-state index contributed by atoms with van der Waals surface area (Å²) in [5, 5.41) is 18.2. The number of ether oxygens (including phenoxy) is 1. The molecule has 1 unspecified atom stereocenters. The second kappa shape index (κ2) is 7.97. The lowest BCUT2D eigenvalue weighted by atomic mass is 10.2. The summed E-state index contributed by atoms with van der Waals surface area (Å²) in [7, 11) is 0. The lowest BCUT2D eigenvalue weighted by Crippen LogP contribution is -2.20. The predicted molar refractivity (Wildman–Crippen MR) is 70.9 cm³/mol. The second-order valence-electron chi connectivity index (χ2n) is 3.66. The van der Waals surface area contributed by atoms with Crippen molar-refractivity contribution in [3.05, 3.63) is 29.8 Å². The molecule has 0 saturated carbocycles. The number of benzene rings is 1. The molecule has 4 N–H and O–H groups in total. The molecule has 1 aromatic carbocycles. The van der Waals surface area contributed by atoms with Gasteiger partial charge in [-0.3, -0.25) is 4.79 Å². The normalized spacial score (nSPS) is 12.1. The molecular formula is C12H17NO4S. The topological polar surface area (TPSA) is 92.8 Å². The molecule has 1 aromatic rings. The zero-order valence-corrected chi connectivity index (χ0v) is 10.7. The number of amides is 1. The molecule has 1 amide bonds. The van der Waals surface area contributed by atoms with Crippen molar-refractivity contribution in [3.63, 3.8) is 0 Å². The highest BCUT2D eigenvalue weighted by Gasteiger charge is 2.06. The van der Waals surface area contributed by atoms with Crippen LogP contribution in [0.25, 0.3) is 0 Å². The van der Waals surface area contributed by atoms with Crippen molar-refractivity contribution in [1.82, 2.24) is 0 Å². The van der Waals surface area contributed by atoms with Crippen LogP contribution in [0.15, 0.2) is 24.3 Å². The molecule has 18 heavy (non-hydrogen) atoms. The fraction of sp³-hybridized carbons (Fsp3) is 0.417. The molecule has 5 nitrogen and oxygen atoms in total. The predicted octanol–water partition coefficient (Wildman–Crippen LogP) is 0.251. The molecule has 0 heterocycles. The molecule has 0 bridgehead atoms. The molecule has 0 aliphatic heterocycles. The monoisotopic (exact) mass is 271 g/mol. The van der Waals surface area contributed by atoms with Gasteiger partial charge in [0.2, 0.25) is 5.91 Å². The van der Waals surface area contributed by atoms with E-state index < -0.39 is 12.0 Å². The third-order valence-corrected chi connectivity index (χ3v) is 3.20. The van der Waals surface area contributed by atoms with Crippen molar-refractivity contribution < 1.29 is 19.7 Å². The summed E-state index contributed by atoms with van der Waals surface area (Å²) in [5.41, 5.74) is 5.52. The summed E-state index contributed by atoms with van der Waals surface area (Å²) in [6.07, 6.45) is -0.612. The van der Waals surface area contributed by atoms with Crippen molar-refractivity contribution in [2.75, 3.05) is 24.7 Å². The maximum absolute atomic E-state index is 11.0. The number of thioether (sulfide) groups is 1. The number of rotatable bonds is 8. The van der Waals surface area contributed by atoms with Gasteiger partial charge >= 0.3 is 0 Å². The molecule has 0 radical (unpaired) electrons. The molecule has 6 heteroatoms. The first-order chi connectivity index (χ1) is 8.63. The average molecular weight is 271 g/mol. The van der Waals surface area contributed by atoms with Crippen molar-refractivity contribution >= 4 is 17.7 Å². The Bertz CT molecular complexity index is 386. The molecule has 0 aromatic heterocycles. The van der Waals surface area contributed by atoms with Crippen molar-refractivity contribution in [1.29, 1.82) is 0 Å². The zero-order chi connectivity index (χ0) is 13.4. The van der Waals surface area contributed by atoms with Gasteiger partial charge in [-0.1, -0.05) is 6.07 Å². The maximum Gasteiger partial charge on any atom is 0.248 e. The Labute approximate surface area is 110 Å². The Morgan fingerprint density at radius 2 is 2.28 bits per heavy atom. The summed E-state index contributed by atoms with van der Waals surface area (Å²) >= 11 is 1.45. The van der Waals surface area contributed by atoms with Gasteiger partial charge in [-0.05, 0) is 18.2 Å². The first-order valence-corrected chi connectivity index (χ1v) is 6.68. The first-order valence-electron chi connectivity index (χ1n) is 5.53. The van der Waals surface area contributed by atoms with Gasteiger partial charge in [-0.25, -0.2) is 0 Å². The fourth-order valence-electron chi connectivity index (χ4n) is 1.26. The van der Waals surface area contributed by atoms with Crippen LogP contribution >= 0.6 is 11.8 Å². The molecule has 0 aliphatic rings. The average Bonchev–Trinajstić information content (AvgIpc) is 2.37. The summed E-state index contributed by atoms with van der Waals surface area (Å²) in [6, 6.07) is 6.50. The van der Waals surface area contributed by atoms with Crippen LogP contribution in [0.1, 0.15) is 10.4 Å². The maximum atomic E-state index is 11.0. The van der Waals surface area contributed by atoms with Gasteiger partial charge in [0.25, 0.3) is 0 Å². The van der Waals surface area contributed by atoms with E-state index in [0.717, 1.165) is 0 Å². The van der Waals surface area contributed by atoms with Crippen molar-refractivity contribution in [2.24, 2.45) is 5.73 Å². The standard InChI is InChI=1S/C12H17NO4S/c13-12(16)9-2-1-3-11(6-9)17-7-10(15)8-18-5-4-14/h1-3,6,10,14-15H,4-5,7-8H2,(H2,13,16). The van der Waals surface area contributed by atoms with E-state index in [1.165, 1.54) is 17.8 Å². The van der Waals surface area contributed by atoms with E-state index in [1.54, 1.807) is 18.2 Å². The van der Waals surface area contributed by atoms with Gasteiger partial charge in [-0.2, -0.15) is 11.8 Å². The van der Waals surface area contributed by atoms with E-state index in [-0.39, 0.29) is 13.2 Å². The minimum Gasteiger partial charge on any atom is -0.491 e. The third-order valence-electron chi connectivity index (χ3n) is 2.11. The number of primary amides is 1. The highest BCUT2D eigenvalue weighted by molar-refractivity contribution is 7.99. The molecule has 0 spiro atoms. The molecule has 0 aliphatic carbocycles. The number of aliphatic hydroxyl groups is 2. The molecule has 0 fully saturated rings. The van der Waals surface area contributed by atoms with Crippen LogP contribution in [0.3, 0.4) is 0 Å². The van der Waals surface area contributed by atoms with E-state index in [2.05, 4.69) is 0 Å². The van der Waals surface area contributed by atoms with Gasteiger partial charge in [-0.15, -0.1) is 0 Å². The van der Waals surface area contributed by atoms with Gasteiger partial charge in [0.05, 0.1) is 12.7 Å². The summed E-state index contributed by atoms with van der Waals surface area (Å²) in [5.74, 6) is 1.07. The summed E-state index contributed by atoms with van der Waals surface area (Å²) in [4.78, 5) is 11.0. The van der Waals surface area contributed by atoms with Crippen LogP contribution in [0.5, 0.6) is 5.75 Å². The van der Waals surface area contributed by atoms with Crippen molar-refractivity contribution in [2.45, 2.75) is 6.10 Å². The Morgan fingerprint density at radius 3 is 2.94 bits per heavy atom. The Morgan fingerprint density at radius 1 is 1.50 bits per heavy atom. The summed E-state index contributed by atoms with van der Waals surface area (Å²) < 4.78 is 5.36. The minimum atomic E-state index is -0.612.